The van der Waals surface area contributed by atoms with E-state index in [0.29, 0.717) is 24.3 Å². The second-order valence-electron chi connectivity index (χ2n) is 19.9. The number of Topliss-reactive ketones (excluding diaryl/α,β-unsaturated/α-hetero) is 1. The average molecular weight is 950 g/mol. The van der Waals surface area contributed by atoms with Gasteiger partial charge in [0.05, 0.1) is 54.7 Å². The van der Waals surface area contributed by atoms with Crippen LogP contribution in [0.15, 0.2) is 24.3 Å². The van der Waals surface area contributed by atoms with Gasteiger partial charge in [0.2, 0.25) is 0 Å². The molecular weight excluding hydrogens is 875 g/mol. The highest BCUT2D eigenvalue weighted by Gasteiger charge is 2.62. The molecule has 1 aromatic rings. The van der Waals surface area contributed by atoms with E-state index in [-0.39, 0.29) is 30.8 Å². The van der Waals surface area contributed by atoms with Gasteiger partial charge in [0.25, 0.3) is 0 Å². The lowest BCUT2D eigenvalue weighted by Gasteiger charge is -2.49. The van der Waals surface area contributed by atoms with Gasteiger partial charge in [-0.25, -0.2) is 4.79 Å². The maximum absolute atomic E-state index is 15.1. The zero-order chi connectivity index (χ0) is 48.6. The summed E-state index contributed by atoms with van der Waals surface area (Å²) in [6.07, 6.45) is -5.97. The van der Waals surface area contributed by atoms with Crippen molar-refractivity contribution in [1.82, 2.24) is 4.90 Å². The maximum atomic E-state index is 15.1. The first kappa shape index (κ1) is 52.3. The van der Waals surface area contributed by atoms with E-state index in [1.165, 1.54) is 11.8 Å². The predicted molar refractivity (Wildman–Crippen MR) is 244 cm³/mol. The molecule has 0 saturated carbocycles. The highest BCUT2D eigenvalue weighted by molar-refractivity contribution is 7.99. The van der Waals surface area contributed by atoms with E-state index in [4.69, 9.17) is 52.1 Å². The Labute approximate surface area is 395 Å². The molecule has 17 heteroatoms. The number of rotatable bonds is 12. The second kappa shape index (κ2) is 20.9. The van der Waals surface area contributed by atoms with Crippen LogP contribution in [-0.4, -0.2) is 148 Å². The summed E-state index contributed by atoms with van der Waals surface area (Å²) >= 11 is 1.41. The Morgan fingerprint density at radius 3 is 2.06 bits per heavy atom. The Morgan fingerprint density at radius 1 is 0.803 bits per heavy atom. The van der Waals surface area contributed by atoms with Crippen LogP contribution in [0.4, 0.5) is 4.79 Å². The molecule has 1 aromatic carbocycles. The van der Waals surface area contributed by atoms with Gasteiger partial charge in [-0.3, -0.25) is 14.4 Å². The zero-order valence-corrected chi connectivity index (χ0v) is 42.4. The van der Waals surface area contributed by atoms with Gasteiger partial charge in [0.15, 0.2) is 24.3 Å². The van der Waals surface area contributed by atoms with Crippen LogP contribution >= 0.6 is 11.8 Å². The molecule has 16 nitrogen and oxygen atoms in total. The molecule has 5 saturated heterocycles. The lowest BCUT2D eigenvalue weighted by atomic mass is 9.70. The molecule has 6 rings (SSSR count). The van der Waals surface area contributed by atoms with Gasteiger partial charge in [-0.15, -0.1) is 11.8 Å². The molecule has 0 aliphatic carbocycles. The fourth-order valence-corrected chi connectivity index (χ4v) is 13.0. The number of carbonyl (C=O) groups is 4. The maximum Gasteiger partial charge on any atom is 0.410 e. The second-order valence-corrected chi connectivity index (χ2v) is 21.0. The minimum atomic E-state index is -1.37. The van der Waals surface area contributed by atoms with Crippen molar-refractivity contribution < 1.29 is 71.3 Å². The van der Waals surface area contributed by atoms with E-state index in [9.17, 15) is 14.4 Å². The van der Waals surface area contributed by atoms with Crippen molar-refractivity contribution in [2.24, 2.45) is 29.6 Å². The largest absolute Gasteiger partial charge is 0.497 e. The molecule has 5 aliphatic heterocycles. The normalized spacial score (nSPS) is 43.6. The molecule has 5 aliphatic rings. The summed E-state index contributed by atoms with van der Waals surface area (Å²) in [7, 11) is 8.09. The van der Waals surface area contributed by atoms with Crippen LogP contribution in [0.25, 0.3) is 0 Å². The number of carbonyl (C=O) groups excluding carboxylic acids is 4. The number of hydrogen-bond donors (Lipinski definition) is 0. The van der Waals surface area contributed by atoms with Gasteiger partial charge >= 0.3 is 18.0 Å². The SMILES string of the molecule is CC[C@H]1OC(=O)[C@H](C)[C@@H](O[C@H]2C[C@@](C)(OC)[C@@H](OC)[C@H](C)O2)[C@H](C)[C@@H](O[C@@H]2O[C@H](C)C[C@H]3[C@H]2OC(=O)N3C)[C@](C)(OC)C[C@@H](C)C(=O)[C@H](C)C2C(SCc3ccc(OC)cc3)C(=O)O[C@@]21C. The quantitative estimate of drug-likeness (QED) is 0.159. The van der Waals surface area contributed by atoms with Crippen molar-refractivity contribution in [1.29, 1.82) is 0 Å². The van der Waals surface area contributed by atoms with E-state index >= 15 is 4.79 Å². The molecule has 2 unspecified atom stereocenters. The molecule has 372 valence electrons. The standard InChI is InChI=1S/C49H75NO15S/c1-16-34-49(10)36(40(44(53)65-49)66-24-31-17-19-32(55-12)20-18-31)27(4)37(51)25(2)22-47(8,57-14)41(64-45-39-33(21-26(3)59-45)50(11)46(54)63-39)28(5)38(29(6)43(52)61-34)62-35-23-48(9,58-15)42(56-13)30(7)60-35/h17-20,25-30,33-36,38-42,45H,16,21-24H2,1-15H3/t25-,26-,27-,28+,29-,30+,33+,34-,35+,36?,38+,39-,40?,41-,42+,45+,47-,48-,49-/m1/s1. The number of ketones is 1. The molecule has 5 fully saturated rings. The lowest BCUT2D eigenvalue weighted by molar-refractivity contribution is -0.317. The van der Waals surface area contributed by atoms with Crippen LogP contribution in [0.1, 0.15) is 100 Å². The van der Waals surface area contributed by atoms with Crippen LogP contribution < -0.4 is 4.74 Å². The van der Waals surface area contributed by atoms with Crippen LogP contribution in [0.3, 0.4) is 0 Å². The molecule has 0 radical (unpaired) electrons. The number of likely N-dealkylation sites (N-methyl/N-ethyl adjacent to an activating group) is 1. The Morgan fingerprint density at radius 2 is 1.45 bits per heavy atom. The molecule has 0 N–H and O–H groups in total. The fraction of sp³-hybridized carbons (Fsp3) is 0.796. The molecule has 66 heavy (non-hydrogen) atoms. The third-order valence-electron chi connectivity index (χ3n) is 15.4. The number of methoxy groups -OCH3 is 4. The van der Waals surface area contributed by atoms with Gasteiger partial charge in [0, 0.05) is 64.2 Å². The number of hydrogen-bond acceptors (Lipinski definition) is 16. The summed E-state index contributed by atoms with van der Waals surface area (Å²) in [6.45, 7) is 18.6. The number of thioether (sulfide) groups is 1. The third kappa shape index (κ3) is 10.2. The van der Waals surface area contributed by atoms with Crippen molar-refractivity contribution in [3.8, 4) is 5.75 Å². The van der Waals surface area contributed by atoms with Crippen LogP contribution in [-0.2, 0) is 67.5 Å². The monoisotopic (exact) mass is 949 g/mol. The van der Waals surface area contributed by atoms with E-state index in [0.717, 1.165) is 5.56 Å². The predicted octanol–water partition coefficient (Wildman–Crippen LogP) is 6.75. The molecule has 1 amide bonds. The van der Waals surface area contributed by atoms with Crippen molar-refractivity contribution in [2.75, 3.05) is 35.5 Å². The molecule has 0 aromatic heterocycles. The third-order valence-corrected chi connectivity index (χ3v) is 16.7. The smallest absolute Gasteiger partial charge is 0.410 e. The number of amides is 1. The van der Waals surface area contributed by atoms with E-state index in [2.05, 4.69) is 0 Å². The van der Waals surface area contributed by atoms with Crippen molar-refractivity contribution >= 4 is 35.6 Å². The fourth-order valence-electron chi connectivity index (χ4n) is 11.6. The van der Waals surface area contributed by atoms with E-state index in [1.54, 1.807) is 54.2 Å². The number of benzene rings is 1. The van der Waals surface area contributed by atoms with Crippen LogP contribution in [0, 0.1) is 29.6 Å². The molecule has 19 atom stereocenters. The van der Waals surface area contributed by atoms with Crippen LogP contribution in [0.5, 0.6) is 5.75 Å². The number of ether oxygens (including phenoxy) is 11. The number of fused-ring (bicyclic) bond motifs is 2. The summed E-state index contributed by atoms with van der Waals surface area (Å²) in [6, 6.07) is 7.29. The molecule has 5 heterocycles. The summed E-state index contributed by atoms with van der Waals surface area (Å²) in [4.78, 5) is 58.8. The summed E-state index contributed by atoms with van der Waals surface area (Å²) in [5.74, 6) is -3.73. The van der Waals surface area contributed by atoms with E-state index < -0.39 is 119 Å². The first-order chi connectivity index (χ1) is 31.1. The highest BCUT2D eigenvalue weighted by Crippen LogP contribution is 2.50. The summed E-state index contributed by atoms with van der Waals surface area (Å²) in [5, 5.41) is -0.760. The Kier molecular flexibility index (Phi) is 16.6. The van der Waals surface area contributed by atoms with Gasteiger partial charge in [-0.05, 0) is 78.5 Å². The minimum Gasteiger partial charge on any atom is -0.497 e. The summed E-state index contributed by atoms with van der Waals surface area (Å²) < 4.78 is 69.6. The molecule has 0 bridgehead atoms. The Hall–Kier alpha value is -3.03. The molecular formula is C49H75NO15S. The van der Waals surface area contributed by atoms with Crippen molar-refractivity contribution in [3.05, 3.63) is 29.8 Å². The van der Waals surface area contributed by atoms with Gasteiger partial charge in [0.1, 0.15) is 29.0 Å². The van der Waals surface area contributed by atoms with Crippen molar-refractivity contribution in [2.45, 2.75) is 184 Å². The zero-order valence-electron chi connectivity index (χ0n) is 41.6. The van der Waals surface area contributed by atoms with Gasteiger partial charge in [-0.2, -0.15) is 0 Å². The lowest BCUT2D eigenvalue weighted by Crippen LogP contribution is -2.60. The molecule has 0 spiro atoms. The Balaban J connectivity index is 1.44. The average Bonchev–Trinajstić information content (AvgIpc) is 3.72. The first-order valence-corrected chi connectivity index (χ1v) is 24.5. The Bertz CT molecular complexity index is 1870. The minimum absolute atomic E-state index is 0.112. The van der Waals surface area contributed by atoms with Crippen LogP contribution in [0.2, 0.25) is 0 Å². The number of nitrogens with zero attached hydrogens (tertiary/aromatic N) is 1. The van der Waals surface area contributed by atoms with E-state index in [1.807, 2.05) is 79.7 Å². The number of esters is 2. The number of cyclic esters (lactones) is 1. The first-order valence-electron chi connectivity index (χ1n) is 23.5. The van der Waals surface area contributed by atoms with Crippen molar-refractivity contribution in [3.63, 3.8) is 0 Å². The topological polar surface area (TPSA) is 173 Å². The summed E-state index contributed by atoms with van der Waals surface area (Å²) in [5.41, 5.74) is -2.48. The van der Waals surface area contributed by atoms with Gasteiger partial charge in [-0.1, -0.05) is 39.8 Å². The van der Waals surface area contributed by atoms with Gasteiger partial charge < -0.3 is 57.0 Å². The highest BCUT2D eigenvalue weighted by atomic mass is 32.2.